The van der Waals surface area contributed by atoms with Gasteiger partial charge < -0.3 is 23.9 Å². The standard InChI is InChI=1S/C23H28N4O5/c1-5-27(22(29)31-23(2,3)4)15-16-9-6-7-10-17(16)24-19(28)12-13-20-25-21(26-32-20)18-11-8-14-30-18/h6-11,14H,5,12-13,15H2,1-4H3,(H,24,28). The zero-order valence-corrected chi connectivity index (χ0v) is 18.8. The molecule has 0 saturated carbocycles. The molecule has 0 aliphatic carbocycles. The molecule has 170 valence electrons. The van der Waals surface area contributed by atoms with Gasteiger partial charge in [0, 0.05) is 25.1 Å². The molecule has 1 aromatic carbocycles. The van der Waals surface area contributed by atoms with Gasteiger partial charge in [-0.25, -0.2) is 4.79 Å². The van der Waals surface area contributed by atoms with Crippen molar-refractivity contribution in [1.29, 1.82) is 0 Å². The van der Waals surface area contributed by atoms with Gasteiger partial charge in [-0.15, -0.1) is 0 Å². The van der Waals surface area contributed by atoms with Gasteiger partial charge in [0.15, 0.2) is 5.76 Å². The number of carbonyl (C=O) groups excluding carboxylic acids is 2. The first-order chi connectivity index (χ1) is 15.2. The van der Waals surface area contributed by atoms with Crippen LogP contribution in [0.5, 0.6) is 0 Å². The van der Waals surface area contributed by atoms with Crippen LogP contribution in [0.25, 0.3) is 11.6 Å². The summed E-state index contributed by atoms with van der Waals surface area (Å²) in [6.07, 6.45) is 1.59. The number of ether oxygens (including phenoxy) is 1. The Kier molecular flexibility index (Phi) is 7.29. The first kappa shape index (κ1) is 23.1. The molecular formula is C23H28N4O5. The second-order valence-corrected chi connectivity index (χ2v) is 8.19. The van der Waals surface area contributed by atoms with Gasteiger partial charge >= 0.3 is 6.09 Å². The van der Waals surface area contributed by atoms with Gasteiger partial charge in [-0.05, 0) is 51.5 Å². The number of nitrogens with zero attached hydrogens (tertiary/aromatic N) is 3. The second-order valence-electron chi connectivity index (χ2n) is 8.19. The molecule has 32 heavy (non-hydrogen) atoms. The van der Waals surface area contributed by atoms with E-state index in [4.69, 9.17) is 13.7 Å². The molecule has 2 aromatic heterocycles. The summed E-state index contributed by atoms with van der Waals surface area (Å²) >= 11 is 0. The van der Waals surface area contributed by atoms with Crippen molar-refractivity contribution >= 4 is 17.7 Å². The second kappa shape index (κ2) is 10.1. The van der Waals surface area contributed by atoms with Crippen LogP contribution in [0.3, 0.4) is 0 Å². The third-order valence-electron chi connectivity index (χ3n) is 4.46. The Morgan fingerprint density at radius 2 is 1.94 bits per heavy atom. The van der Waals surface area contributed by atoms with Crippen LogP contribution >= 0.6 is 0 Å². The largest absolute Gasteiger partial charge is 0.461 e. The number of hydrogen-bond acceptors (Lipinski definition) is 7. The molecule has 3 aromatic rings. The quantitative estimate of drug-likeness (QED) is 0.542. The number of aryl methyl sites for hydroxylation is 1. The van der Waals surface area contributed by atoms with Gasteiger partial charge in [0.2, 0.25) is 17.6 Å². The van der Waals surface area contributed by atoms with E-state index in [1.165, 1.54) is 6.26 Å². The van der Waals surface area contributed by atoms with Crippen molar-refractivity contribution in [3.05, 3.63) is 54.1 Å². The van der Waals surface area contributed by atoms with Crippen LogP contribution in [0.1, 0.15) is 45.6 Å². The highest BCUT2D eigenvalue weighted by Crippen LogP contribution is 2.20. The fraction of sp³-hybridized carbons (Fsp3) is 0.391. The number of amides is 2. The monoisotopic (exact) mass is 440 g/mol. The lowest BCUT2D eigenvalue weighted by molar-refractivity contribution is -0.116. The van der Waals surface area contributed by atoms with Gasteiger partial charge in [-0.1, -0.05) is 23.4 Å². The maximum atomic E-state index is 12.5. The van der Waals surface area contributed by atoms with E-state index in [0.29, 0.717) is 42.7 Å². The highest BCUT2D eigenvalue weighted by Gasteiger charge is 2.22. The smallest absolute Gasteiger partial charge is 0.410 e. The Morgan fingerprint density at radius 1 is 1.16 bits per heavy atom. The lowest BCUT2D eigenvalue weighted by Gasteiger charge is -2.27. The molecule has 1 N–H and O–H groups in total. The summed E-state index contributed by atoms with van der Waals surface area (Å²) in [7, 11) is 0. The maximum Gasteiger partial charge on any atom is 0.410 e. The number of hydrogen-bond donors (Lipinski definition) is 1. The maximum absolute atomic E-state index is 12.5. The van der Waals surface area contributed by atoms with Gasteiger partial charge in [0.25, 0.3) is 0 Å². The number of anilines is 1. The molecule has 9 heteroatoms. The number of para-hydroxylation sites is 1. The van der Waals surface area contributed by atoms with Crippen molar-refractivity contribution in [3.8, 4) is 11.6 Å². The molecule has 0 unspecified atom stereocenters. The summed E-state index contributed by atoms with van der Waals surface area (Å²) in [6.45, 7) is 8.16. The molecule has 9 nitrogen and oxygen atoms in total. The molecule has 0 atom stereocenters. The number of nitrogens with one attached hydrogen (secondary N) is 1. The van der Waals surface area contributed by atoms with Gasteiger partial charge in [-0.3, -0.25) is 4.79 Å². The van der Waals surface area contributed by atoms with E-state index in [2.05, 4.69) is 15.5 Å². The van der Waals surface area contributed by atoms with Crippen LogP contribution < -0.4 is 5.32 Å². The van der Waals surface area contributed by atoms with Crippen molar-refractivity contribution in [3.63, 3.8) is 0 Å². The Labute approximate surface area is 186 Å². The number of aromatic nitrogens is 2. The fourth-order valence-corrected chi connectivity index (χ4v) is 2.91. The Balaban J connectivity index is 1.59. The summed E-state index contributed by atoms with van der Waals surface area (Å²) in [5, 5.41) is 6.76. The summed E-state index contributed by atoms with van der Waals surface area (Å²) in [6, 6.07) is 10.8. The van der Waals surface area contributed by atoms with Crippen LogP contribution in [0.2, 0.25) is 0 Å². The van der Waals surface area contributed by atoms with E-state index in [9.17, 15) is 9.59 Å². The average molecular weight is 441 g/mol. The highest BCUT2D eigenvalue weighted by molar-refractivity contribution is 5.91. The number of rotatable bonds is 8. The fourth-order valence-electron chi connectivity index (χ4n) is 2.91. The van der Waals surface area contributed by atoms with Gasteiger partial charge in [0.05, 0.1) is 12.8 Å². The third-order valence-corrected chi connectivity index (χ3v) is 4.46. The number of carbonyl (C=O) groups is 2. The molecule has 2 amide bonds. The molecule has 0 fully saturated rings. The van der Waals surface area contributed by atoms with Crippen molar-refractivity contribution in [2.75, 3.05) is 11.9 Å². The first-order valence-corrected chi connectivity index (χ1v) is 10.5. The van der Waals surface area contributed by atoms with E-state index in [-0.39, 0.29) is 12.3 Å². The SMILES string of the molecule is CCN(Cc1ccccc1NC(=O)CCc1nc(-c2ccco2)no1)C(=O)OC(C)(C)C. The van der Waals surface area contributed by atoms with Crippen molar-refractivity contribution < 1.29 is 23.3 Å². The van der Waals surface area contributed by atoms with Gasteiger partial charge in [-0.2, -0.15) is 4.98 Å². The molecule has 0 aliphatic rings. The molecular weight excluding hydrogens is 412 g/mol. The molecule has 2 heterocycles. The van der Waals surface area contributed by atoms with Crippen LogP contribution in [0, 0.1) is 0 Å². The first-order valence-electron chi connectivity index (χ1n) is 10.5. The average Bonchev–Trinajstić information content (AvgIpc) is 3.42. The van der Waals surface area contributed by atoms with Crippen molar-refractivity contribution in [2.45, 2.75) is 52.7 Å². The van der Waals surface area contributed by atoms with E-state index >= 15 is 0 Å². The lowest BCUT2D eigenvalue weighted by atomic mass is 10.1. The Bertz CT molecular complexity index is 1040. The molecule has 0 aliphatic heterocycles. The van der Waals surface area contributed by atoms with Crippen LogP contribution in [0.4, 0.5) is 10.5 Å². The predicted octanol–water partition coefficient (Wildman–Crippen LogP) is 4.66. The topological polar surface area (TPSA) is 111 Å². The summed E-state index contributed by atoms with van der Waals surface area (Å²) < 4.78 is 15.9. The summed E-state index contributed by atoms with van der Waals surface area (Å²) in [5.41, 5.74) is 0.872. The number of furan rings is 1. The van der Waals surface area contributed by atoms with Crippen molar-refractivity contribution in [1.82, 2.24) is 15.0 Å². The van der Waals surface area contributed by atoms with E-state index in [1.807, 2.05) is 45.9 Å². The zero-order chi connectivity index (χ0) is 23.1. The van der Waals surface area contributed by atoms with E-state index in [0.717, 1.165) is 5.56 Å². The summed E-state index contributed by atoms with van der Waals surface area (Å²) in [5.74, 6) is 0.999. The minimum atomic E-state index is -0.580. The Morgan fingerprint density at radius 3 is 2.62 bits per heavy atom. The Hall–Kier alpha value is -3.62. The van der Waals surface area contributed by atoms with E-state index < -0.39 is 11.7 Å². The minimum absolute atomic E-state index is 0.164. The zero-order valence-electron chi connectivity index (χ0n) is 18.8. The normalized spacial score (nSPS) is 11.2. The van der Waals surface area contributed by atoms with Crippen molar-refractivity contribution in [2.24, 2.45) is 0 Å². The van der Waals surface area contributed by atoms with Gasteiger partial charge in [0.1, 0.15) is 5.60 Å². The highest BCUT2D eigenvalue weighted by atomic mass is 16.6. The molecule has 0 radical (unpaired) electrons. The minimum Gasteiger partial charge on any atom is -0.461 e. The molecule has 3 rings (SSSR count). The lowest BCUT2D eigenvalue weighted by Crippen LogP contribution is -2.36. The van der Waals surface area contributed by atoms with Crippen LogP contribution in [-0.4, -0.2) is 39.2 Å². The van der Waals surface area contributed by atoms with Crippen LogP contribution in [0.15, 0.2) is 51.6 Å². The third kappa shape index (κ3) is 6.44. The van der Waals surface area contributed by atoms with Crippen LogP contribution in [-0.2, 0) is 22.5 Å². The molecule has 0 bridgehead atoms. The molecule has 0 spiro atoms. The predicted molar refractivity (Wildman–Crippen MR) is 118 cm³/mol. The summed E-state index contributed by atoms with van der Waals surface area (Å²) in [4.78, 5) is 30.8. The van der Waals surface area contributed by atoms with E-state index in [1.54, 1.807) is 23.1 Å². The molecule has 0 saturated heterocycles. The number of benzene rings is 1.